The van der Waals surface area contributed by atoms with Crippen LogP contribution >= 0.6 is 11.5 Å². The molecule has 0 saturated carbocycles. The van der Waals surface area contributed by atoms with E-state index in [-0.39, 0.29) is 12.3 Å². The molecular formula is C13H8F3N3O3S. The Hall–Kier alpha value is -2.46. The zero-order valence-electron chi connectivity index (χ0n) is 11.2. The number of nitrogens with one attached hydrogen (secondary N) is 1. The number of hydrogen-bond donors (Lipinski definition) is 2. The number of halogens is 3. The Balaban J connectivity index is 2.23. The molecule has 0 fully saturated rings. The number of alkyl halides is 3. The van der Waals surface area contributed by atoms with Crippen LogP contribution in [-0.2, 0) is 12.8 Å². The molecule has 2 N–H and O–H groups in total. The van der Waals surface area contributed by atoms with Crippen LogP contribution in [0.15, 0.2) is 33.9 Å². The van der Waals surface area contributed by atoms with Gasteiger partial charge in [0.2, 0.25) is 0 Å². The van der Waals surface area contributed by atoms with Gasteiger partial charge in [0.1, 0.15) is 5.69 Å². The van der Waals surface area contributed by atoms with Crippen molar-refractivity contribution in [3.05, 3.63) is 56.5 Å². The molecule has 23 heavy (non-hydrogen) atoms. The second-order valence-electron chi connectivity index (χ2n) is 4.63. The summed E-state index contributed by atoms with van der Waals surface area (Å²) >= 11 is 1.12. The van der Waals surface area contributed by atoms with Gasteiger partial charge in [-0.15, -0.1) is 0 Å². The van der Waals surface area contributed by atoms with Crippen LogP contribution in [0.4, 0.5) is 13.2 Å². The van der Waals surface area contributed by atoms with Crippen molar-refractivity contribution in [2.45, 2.75) is 12.8 Å². The number of H-pyrrole nitrogens is 1. The second kappa shape index (κ2) is 5.32. The molecular weight excluding hydrogens is 335 g/mol. The largest absolute Gasteiger partial charge is 0.431 e. The average molecular weight is 343 g/mol. The Morgan fingerprint density at radius 3 is 2.61 bits per heavy atom. The third-order valence-corrected chi connectivity index (χ3v) is 4.04. The van der Waals surface area contributed by atoms with E-state index in [1.54, 1.807) is 11.1 Å². The van der Waals surface area contributed by atoms with Crippen LogP contribution in [0.2, 0.25) is 0 Å². The molecule has 0 aliphatic carbocycles. The van der Waals surface area contributed by atoms with E-state index in [4.69, 9.17) is 0 Å². The van der Waals surface area contributed by atoms with Gasteiger partial charge in [-0.05, 0) is 29.7 Å². The quantitative estimate of drug-likeness (QED) is 0.741. The zero-order valence-corrected chi connectivity index (χ0v) is 12.0. The number of aromatic amines is 1. The second-order valence-corrected chi connectivity index (χ2v) is 5.43. The highest BCUT2D eigenvalue weighted by atomic mass is 32.1. The van der Waals surface area contributed by atoms with Gasteiger partial charge in [0.05, 0.1) is 22.7 Å². The number of fused-ring (bicyclic) bond motifs is 1. The van der Waals surface area contributed by atoms with Gasteiger partial charge in [-0.1, -0.05) is 0 Å². The van der Waals surface area contributed by atoms with Gasteiger partial charge in [0.25, 0.3) is 5.56 Å². The monoisotopic (exact) mass is 343 g/mol. The average Bonchev–Trinajstić information content (AvgIpc) is 2.88. The van der Waals surface area contributed by atoms with Gasteiger partial charge in [-0.3, -0.25) is 4.79 Å². The van der Waals surface area contributed by atoms with Crippen molar-refractivity contribution in [3.63, 3.8) is 0 Å². The van der Waals surface area contributed by atoms with Crippen molar-refractivity contribution in [1.82, 2.24) is 13.9 Å². The molecule has 6 nitrogen and oxygen atoms in total. The number of hydrogen-bond acceptors (Lipinski definition) is 5. The van der Waals surface area contributed by atoms with Crippen molar-refractivity contribution in [1.29, 1.82) is 0 Å². The molecule has 0 bridgehead atoms. The molecule has 0 aliphatic heterocycles. The van der Waals surface area contributed by atoms with E-state index >= 15 is 0 Å². The third-order valence-electron chi connectivity index (χ3n) is 3.17. The molecule has 2 aromatic heterocycles. The standard InChI is InChI=1S/C13H8F3N3O3S/c14-13(15,16)10-4-11(21)19(12(22)17-10)6-1-2-9-7(3-6)8(5-20)18-23-9/h1-4,20H,5H2,(H,17,22). The first-order valence-electron chi connectivity index (χ1n) is 6.24. The fourth-order valence-corrected chi connectivity index (χ4v) is 2.89. The first kappa shape index (κ1) is 15.4. The summed E-state index contributed by atoms with van der Waals surface area (Å²) < 4.78 is 43.1. The van der Waals surface area contributed by atoms with Crippen molar-refractivity contribution in [3.8, 4) is 5.69 Å². The van der Waals surface area contributed by atoms with Crippen LogP contribution in [0.25, 0.3) is 15.8 Å². The maximum Gasteiger partial charge on any atom is 0.431 e. The predicted octanol–water partition coefficient (Wildman–Crippen LogP) is 1.65. The van der Waals surface area contributed by atoms with Gasteiger partial charge in [0, 0.05) is 11.5 Å². The summed E-state index contributed by atoms with van der Waals surface area (Å²) in [7, 11) is 0. The maximum absolute atomic E-state index is 12.6. The molecule has 0 aliphatic rings. The van der Waals surface area contributed by atoms with E-state index in [1.807, 2.05) is 0 Å². The Labute approximate surface area is 129 Å². The van der Waals surface area contributed by atoms with Crippen molar-refractivity contribution < 1.29 is 18.3 Å². The van der Waals surface area contributed by atoms with Crippen LogP contribution in [0.1, 0.15) is 11.4 Å². The van der Waals surface area contributed by atoms with E-state index in [9.17, 15) is 27.9 Å². The minimum absolute atomic E-state index is 0.0902. The lowest BCUT2D eigenvalue weighted by molar-refractivity contribution is -0.141. The lowest BCUT2D eigenvalue weighted by Crippen LogP contribution is -2.35. The highest BCUT2D eigenvalue weighted by molar-refractivity contribution is 7.13. The molecule has 120 valence electrons. The lowest BCUT2D eigenvalue weighted by atomic mass is 10.2. The molecule has 1 aromatic carbocycles. The molecule has 0 atom stereocenters. The van der Waals surface area contributed by atoms with Gasteiger partial charge in [-0.2, -0.15) is 17.5 Å². The number of aromatic nitrogens is 3. The number of nitrogens with zero attached hydrogens (tertiary/aromatic N) is 2. The fourth-order valence-electron chi connectivity index (χ4n) is 2.12. The lowest BCUT2D eigenvalue weighted by Gasteiger charge is -2.09. The summed E-state index contributed by atoms with van der Waals surface area (Å²) in [5.41, 5.74) is -3.25. The van der Waals surface area contributed by atoms with E-state index < -0.39 is 23.1 Å². The highest BCUT2D eigenvalue weighted by Gasteiger charge is 2.33. The van der Waals surface area contributed by atoms with Gasteiger partial charge >= 0.3 is 11.9 Å². The molecule has 3 aromatic rings. The Kier molecular flexibility index (Phi) is 3.57. The van der Waals surface area contributed by atoms with Crippen molar-refractivity contribution >= 4 is 21.6 Å². The van der Waals surface area contributed by atoms with Crippen LogP contribution in [0.3, 0.4) is 0 Å². The predicted molar refractivity (Wildman–Crippen MR) is 76.8 cm³/mol. The van der Waals surface area contributed by atoms with E-state index in [0.717, 1.165) is 11.5 Å². The number of benzene rings is 1. The first-order valence-corrected chi connectivity index (χ1v) is 7.01. The van der Waals surface area contributed by atoms with Gasteiger partial charge < -0.3 is 10.1 Å². The van der Waals surface area contributed by atoms with Gasteiger partial charge in [-0.25, -0.2) is 9.36 Å². The molecule has 3 rings (SSSR count). The Morgan fingerprint density at radius 1 is 1.26 bits per heavy atom. The minimum Gasteiger partial charge on any atom is -0.390 e. The molecule has 0 amide bonds. The van der Waals surface area contributed by atoms with E-state index in [0.29, 0.717) is 26.4 Å². The smallest absolute Gasteiger partial charge is 0.390 e. The molecule has 0 unspecified atom stereocenters. The fraction of sp³-hybridized carbons (Fsp3) is 0.154. The van der Waals surface area contributed by atoms with Crippen LogP contribution in [0, 0.1) is 0 Å². The van der Waals surface area contributed by atoms with Gasteiger partial charge in [0.15, 0.2) is 0 Å². The molecule has 0 saturated heterocycles. The summed E-state index contributed by atoms with van der Waals surface area (Å²) in [6.45, 7) is -0.332. The minimum atomic E-state index is -4.82. The normalized spacial score (nSPS) is 12.0. The SMILES string of the molecule is O=c1cc(C(F)(F)F)[nH]c(=O)n1-c1ccc2snc(CO)c2c1. The zero-order chi connectivity index (χ0) is 16.8. The molecule has 2 heterocycles. The Morgan fingerprint density at radius 2 is 2.00 bits per heavy atom. The summed E-state index contributed by atoms with van der Waals surface area (Å²) in [4.78, 5) is 25.4. The summed E-state index contributed by atoms with van der Waals surface area (Å²) in [6.07, 6.45) is -4.82. The van der Waals surface area contributed by atoms with E-state index in [1.165, 1.54) is 12.1 Å². The van der Waals surface area contributed by atoms with Crippen LogP contribution in [0.5, 0.6) is 0 Å². The maximum atomic E-state index is 12.6. The molecule has 0 radical (unpaired) electrons. The number of rotatable bonds is 2. The van der Waals surface area contributed by atoms with Crippen LogP contribution in [-0.4, -0.2) is 19.0 Å². The summed E-state index contributed by atoms with van der Waals surface area (Å²) in [5, 5.41) is 9.73. The molecule has 10 heteroatoms. The summed E-state index contributed by atoms with van der Waals surface area (Å²) in [6, 6.07) is 4.75. The van der Waals surface area contributed by atoms with Crippen molar-refractivity contribution in [2.75, 3.05) is 0 Å². The number of aliphatic hydroxyl groups excluding tert-OH is 1. The topological polar surface area (TPSA) is 88.0 Å². The Bertz CT molecular complexity index is 972. The van der Waals surface area contributed by atoms with Crippen LogP contribution < -0.4 is 11.2 Å². The van der Waals surface area contributed by atoms with Crippen molar-refractivity contribution in [2.24, 2.45) is 0 Å². The first-order chi connectivity index (χ1) is 10.8. The summed E-state index contributed by atoms with van der Waals surface area (Å²) in [5.74, 6) is 0. The molecule has 0 spiro atoms. The third kappa shape index (κ3) is 2.66. The van der Waals surface area contributed by atoms with E-state index in [2.05, 4.69) is 4.37 Å². The number of aliphatic hydroxyl groups is 1. The highest BCUT2D eigenvalue weighted by Crippen LogP contribution is 2.26.